The fourth-order valence-electron chi connectivity index (χ4n) is 2.91. The number of thiocarbonyl (C=S) groups is 1. The Morgan fingerprint density at radius 2 is 1.52 bits per heavy atom. The van der Waals surface area contributed by atoms with Crippen molar-refractivity contribution in [2.24, 2.45) is 0 Å². The number of anilines is 1. The van der Waals surface area contributed by atoms with Gasteiger partial charge >= 0.3 is 0 Å². The molecule has 3 aromatic rings. The van der Waals surface area contributed by atoms with Crippen LogP contribution in [0.15, 0.2) is 91.0 Å². The van der Waals surface area contributed by atoms with Crippen LogP contribution in [0.2, 0.25) is 0 Å². The van der Waals surface area contributed by atoms with Crippen LogP contribution in [-0.2, 0) is 11.3 Å². The van der Waals surface area contributed by atoms with Crippen LogP contribution in [0, 0.1) is 0 Å². The largest absolute Gasteiger partial charge is 0.348 e. The molecule has 0 saturated carbocycles. The van der Waals surface area contributed by atoms with E-state index in [0.29, 0.717) is 17.8 Å². The number of carbonyl (C=O) groups is 2. The highest BCUT2D eigenvalue weighted by atomic mass is 32.1. The van der Waals surface area contributed by atoms with Gasteiger partial charge in [0.25, 0.3) is 5.91 Å². The third-order valence-electron chi connectivity index (χ3n) is 4.57. The van der Waals surface area contributed by atoms with E-state index in [0.717, 1.165) is 11.1 Å². The zero-order valence-corrected chi connectivity index (χ0v) is 17.9. The predicted molar refractivity (Wildman–Crippen MR) is 129 cm³/mol. The van der Waals surface area contributed by atoms with Crippen LogP contribution in [0.5, 0.6) is 0 Å². The van der Waals surface area contributed by atoms with Gasteiger partial charge in [0.2, 0.25) is 5.91 Å². The molecule has 0 bridgehead atoms. The lowest BCUT2D eigenvalue weighted by Gasteiger charge is -2.22. The summed E-state index contributed by atoms with van der Waals surface area (Å²) in [6.45, 7) is 0.420. The highest BCUT2D eigenvalue weighted by Crippen LogP contribution is 2.19. The van der Waals surface area contributed by atoms with Gasteiger partial charge in [-0.05, 0) is 41.6 Å². The number of para-hydroxylation sites is 1. The van der Waals surface area contributed by atoms with Gasteiger partial charge in [-0.1, -0.05) is 72.8 Å². The van der Waals surface area contributed by atoms with Crippen LogP contribution in [-0.4, -0.2) is 24.0 Å². The SMILES string of the molecule is CN(C(=S)NC(=O)C=Cc1ccccc1)c1ccccc1C(=O)NCc1ccccc1. The molecule has 3 aromatic carbocycles. The zero-order chi connectivity index (χ0) is 22.1. The fourth-order valence-corrected chi connectivity index (χ4v) is 3.11. The summed E-state index contributed by atoms with van der Waals surface area (Å²) in [5.74, 6) is -0.559. The molecule has 0 aromatic heterocycles. The summed E-state index contributed by atoms with van der Waals surface area (Å²) in [4.78, 5) is 26.6. The minimum Gasteiger partial charge on any atom is -0.348 e. The number of hydrogen-bond donors (Lipinski definition) is 2. The minimum absolute atomic E-state index is 0.200. The van der Waals surface area contributed by atoms with E-state index in [2.05, 4.69) is 10.6 Å². The van der Waals surface area contributed by atoms with Crippen molar-refractivity contribution >= 4 is 40.9 Å². The maximum Gasteiger partial charge on any atom is 0.253 e. The summed E-state index contributed by atoms with van der Waals surface area (Å²) < 4.78 is 0. The highest BCUT2D eigenvalue weighted by molar-refractivity contribution is 7.80. The maximum atomic E-state index is 12.8. The van der Waals surface area contributed by atoms with Gasteiger partial charge in [0.05, 0.1) is 11.3 Å². The standard InChI is InChI=1S/C25H23N3O2S/c1-28(25(31)27-23(29)17-16-19-10-4-2-5-11-19)22-15-9-8-14-21(22)24(30)26-18-20-12-6-3-7-13-20/h2-17H,18H2,1H3,(H,26,30)(H,27,29,31). The quantitative estimate of drug-likeness (QED) is 0.456. The third-order valence-corrected chi connectivity index (χ3v) is 4.94. The number of hydrogen-bond acceptors (Lipinski definition) is 3. The number of nitrogens with zero attached hydrogens (tertiary/aromatic N) is 1. The first-order valence-electron chi connectivity index (χ1n) is 9.77. The van der Waals surface area contributed by atoms with Crippen LogP contribution in [0.4, 0.5) is 5.69 Å². The lowest BCUT2D eigenvalue weighted by Crippen LogP contribution is -2.40. The van der Waals surface area contributed by atoms with Crippen molar-refractivity contribution in [2.45, 2.75) is 6.54 Å². The molecule has 2 N–H and O–H groups in total. The van der Waals surface area contributed by atoms with Crippen LogP contribution in [0.1, 0.15) is 21.5 Å². The van der Waals surface area contributed by atoms with Crippen molar-refractivity contribution in [3.63, 3.8) is 0 Å². The van der Waals surface area contributed by atoms with Crippen molar-refractivity contribution in [2.75, 3.05) is 11.9 Å². The molecule has 2 amide bonds. The van der Waals surface area contributed by atoms with E-state index < -0.39 is 0 Å². The zero-order valence-electron chi connectivity index (χ0n) is 17.1. The van der Waals surface area contributed by atoms with Gasteiger partial charge in [-0.3, -0.25) is 14.9 Å². The van der Waals surface area contributed by atoms with Crippen molar-refractivity contribution in [1.29, 1.82) is 0 Å². The second kappa shape index (κ2) is 10.8. The smallest absolute Gasteiger partial charge is 0.253 e. The molecule has 3 rings (SSSR count). The van der Waals surface area contributed by atoms with Gasteiger partial charge in [-0.25, -0.2) is 0 Å². The average molecular weight is 430 g/mol. The Kier molecular flexibility index (Phi) is 7.67. The van der Waals surface area contributed by atoms with E-state index >= 15 is 0 Å². The van der Waals surface area contributed by atoms with E-state index in [9.17, 15) is 9.59 Å². The number of carbonyl (C=O) groups excluding carboxylic acids is 2. The van der Waals surface area contributed by atoms with Crippen molar-refractivity contribution in [3.8, 4) is 0 Å². The van der Waals surface area contributed by atoms with Crippen LogP contribution in [0.3, 0.4) is 0 Å². The molecule has 31 heavy (non-hydrogen) atoms. The van der Waals surface area contributed by atoms with Gasteiger partial charge < -0.3 is 10.2 Å². The molecule has 0 fully saturated rings. The molecule has 0 spiro atoms. The molecule has 0 unspecified atom stereocenters. The van der Waals surface area contributed by atoms with Gasteiger partial charge in [-0.2, -0.15) is 0 Å². The van der Waals surface area contributed by atoms with Crippen LogP contribution in [0.25, 0.3) is 6.08 Å². The minimum atomic E-state index is -0.341. The number of nitrogens with one attached hydrogen (secondary N) is 2. The van der Waals surface area contributed by atoms with E-state index in [4.69, 9.17) is 12.2 Å². The molecular weight excluding hydrogens is 406 g/mol. The second-order valence-electron chi connectivity index (χ2n) is 6.78. The topological polar surface area (TPSA) is 61.4 Å². The van der Waals surface area contributed by atoms with Gasteiger partial charge in [0, 0.05) is 19.7 Å². The Labute approximate surface area is 187 Å². The van der Waals surface area contributed by atoms with Gasteiger partial charge in [0.1, 0.15) is 0 Å². The summed E-state index contributed by atoms with van der Waals surface area (Å²) >= 11 is 5.38. The Bertz CT molecular complexity index is 1080. The highest BCUT2D eigenvalue weighted by Gasteiger charge is 2.17. The Balaban J connectivity index is 1.64. The van der Waals surface area contributed by atoms with E-state index in [1.54, 1.807) is 36.2 Å². The summed E-state index contributed by atoms with van der Waals surface area (Å²) in [6, 6.07) is 26.3. The molecule has 5 nitrogen and oxygen atoms in total. The first-order chi connectivity index (χ1) is 15.0. The Morgan fingerprint density at radius 1 is 0.903 bits per heavy atom. The molecule has 6 heteroatoms. The monoisotopic (exact) mass is 429 g/mol. The van der Waals surface area contributed by atoms with Crippen molar-refractivity contribution < 1.29 is 9.59 Å². The normalized spacial score (nSPS) is 10.5. The molecule has 0 aliphatic carbocycles. The molecule has 0 heterocycles. The molecule has 0 saturated heterocycles. The fraction of sp³-hybridized carbons (Fsp3) is 0.0800. The lowest BCUT2D eigenvalue weighted by molar-refractivity contribution is -0.115. The lowest BCUT2D eigenvalue weighted by atomic mass is 10.1. The van der Waals surface area contributed by atoms with E-state index in [1.807, 2.05) is 66.7 Å². The summed E-state index contributed by atoms with van der Waals surface area (Å²) in [5.41, 5.74) is 3.00. The summed E-state index contributed by atoms with van der Waals surface area (Å²) in [5, 5.41) is 5.79. The summed E-state index contributed by atoms with van der Waals surface area (Å²) in [7, 11) is 1.72. The van der Waals surface area contributed by atoms with Gasteiger partial charge in [-0.15, -0.1) is 0 Å². The molecule has 0 radical (unpaired) electrons. The molecule has 0 aliphatic rings. The van der Waals surface area contributed by atoms with E-state index in [-0.39, 0.29) is 16.9 Å². The van der Waals surface area contributed by atoms with Crippen LogP contribution < -0.4 is 15.5 Å². The molecule has 0 atom stereocenters. The van der Waals surface area contributed by atoms with E-state index in [1.165, 1.54) is 6.08 Å². The van der Waals surface area contributed by atoms with Crippen LogP contribution >= 0.6 is 12.2 Å². The average Bonchev–Trinajstić information content (AvgIpc) is 2.82. The first-order valence-corrected chi connectivity index (χ1v) is 10.2. The first kappa shape index (κ1) is 21.9. The van der Waals surface area contributed by atoms with Crippen molar-refractivity contribution in [3.05, 3.63) is 108 Å². The second-order valence-corrected chi connectivity index (χ2v) is 7.17. The number of benzene rings is 3. The third kappa shape index (κ3) is 6.35. The Hall–Kier alpha value is -3.77. The molecule has 156 valence electrons. The Morgan fingerprint density at radius 3 is 2.23 bits per heavy atom. The predicted octanol–water partition coefficient (Wildman–Crippen LogP) is 4.17. The number of amides is 2. The molecular formula is C25H23N3O2S. The van der Waals surface area contributed by atoms with Crippen molar-refractivity contribution in [1.82, 2.24) is 10.6 Å². The number of rotatable bonds is 6. The van der Waals surface area contributed by atoms with Gasteiger partial charge in [0.15, 0.2) is 5.11 Å². The maximum absolute atomic E-state index is 12.8. The molecule has 0 aliphatic heterocycles. The summed E-state index contributed by atoms with van der Waals surface area (Å²) in [6.07, 6.45) is 3.14.